The van der Waals surface area contributed by atoms with Crippen molar-refractivity contribution in [2.75, 3.05) is 0 Å². The molecule has 0 aliphatic rings. The molecule has 0 spiro atoms. The van der Waals surface area contributed by atoms with Crippen LogP contribution < -0.4 is 0 Å². The number of carbonyl (C=O) groups is 1. The normalized spacial score (nSPS) is 12.0. The molecule has 73 valence electrons. The van der Waals surface area contributed by atoms with Gasteiger partial charge in [0.15, 0.2) is 5.78 Å². The van der Waals surface area contributed by atoms with E-state index in [1.165, 1.54) is 0 Å². The molecule has 1 atom stereocenters. The second-order valence-electron chi connectivity index (χ2n) is 3.37. The zero-order chi connectivity index (χ0) is 9.84. The summed E-state index contributed by atoms with van der Waals surface area (Å²) in [4.78, 5) is 11.4. The molecule has 0 aliphatic heterocycles. The van der Waals surface area contributed by atoms with Gasteiger partial charge >= 0.3 is 0 Å². The Morgan fingerprint density at radius 2 is 1.71 bits per heavy atom. The zero-order valence-corrected chi connectivity index (χ0v) is 13.2. The van der Waals surface area contributed by atoms with Crippen LogP contribution in [0, 0.1) is 50.0 Å². The Morgan fingerprint density at radius 1 is 1.21 bits per heavy atom. The molecule has 14 heavy (non-hydrogen) atoms. The Labute approximate surface area is 120 Å². The number of aliphatic hydroxyl groups excluding tert-OH is 1. The molecule has 1 rings (SSSR count). The van der Waals surface area contributed by atoms with E-state index in [1.54, 1.807) is 26.0 Å². The number of Topliss-reactive ketones (excluding diaryl/α,β-unsaturated/α-hetero) is 1. The Morgan fingerprint density at radius 3 is 2.14 bits per heavy atom. The van der Waals surface area contributed by atoms with Crippen molar-refractivity contribution < 1.29 is 54.0 Å². The van der Waals surface area contributed by atoms with Gasteiger partial charge < -0.3 is 5.11 Å². The summed E-state index contributed by atoms with van der Waals surface area (Å²) < 4.78 is 0. The third-order valence-corrected chi connectivity index (χ3v) is 1.95. The fourth-order valence-corrected chi connectivity index (χ4v) is 1.12. The molecule has 0 saturated carbocycles. The van der Waals surface area contributed by atoms with Crippen LogP contribution in [0.2, 0.25) is 0 Å². The van der Waals surface area contributed by atoms with E-state index >= 15 is 0 Å². The summed E-state index contributed by atoms with van der Waals surface area (Å²) >= 11 is 0. The van der Waals surface area contributed by atoms with E-state index in [2.05, 4.69) is 0 Å². The Hall–Kier alpha value is 0.292. The minimum atomic E-state index is -0.971. The molecule has 0 aliphatic carbocycles. The van der Waals surface area contributed by atoms with E-state index in [-0.39, 0.29) is 55.8 Å². The average molecular weight is 405 g/mol. The topological polar surface area (TPSA) is 37.3 Å². The van der Waals surface area contributed by atoms with Gasteiger partial charge in [0, 0.05) is 50.0 Å². The Balaban J connectivity index is 0.00000169. The van der Waals surface area contributed by atoms with Crippen molar-refractivity contribution in [3.05, 3.63) is 35.9 Å². The second-order valence-corrected chi connectivity index (χ2v) is 3.37. The van der Waals surface area contributed by atoms with Crippen LogP contribution in [0.4, 0.5) is 0 Å². The SMILES string of the molecule is CC(C)C(=O)C(O)c1ccccc1.[Ac]. The molecule has 1 N–H and O–H groups in total. The summed E-state index contributed by atoms with van der Waals surface area (Å²) in [5.74, 6) is -0.263. The minimum Gasteiger partial charge on any atom is -0.381 e. The molecule has 1 aromatic carbocycles. The molecule has 0 aromatic heterocycles. The predicted molar refractivity (Wildman–Crippen MR) is 51.2 cm³/mol. The number of benzene rings is 1. The first-order chi connectivity index (χ1) is 6.13. The maximum Gasteiger partial charge on any atom is 0.168 e. The van der Waals surface area contributed by atoms with E-state index in [0.29, 0.717) is 5.56 Å². The smallest absolute Gasteiger partial charge is 0.168 e. The second kappa shape index (κ2) is 6.72. The van der Waals surface area contributed by atoms with E-state index in [0.717, 1.165) is 0 Å². The molecule has 1 unspecified atom stereocenters. The van der Waals surface area contributed by atoms with Gasteiger partial charge in [0.1, 0.15) is 6.10 Å². The van der Waals surface area contributed by atoms with Gasteiger partial charge in [-0.2, -0.15) is 0 Å². The average Bonchev–Trinajstić information content (AvgIpc) is 2.17. The molecule has 3 heteroatoms. The number of hydrogen-bond acceptors (Lipinski definition) is 2. The van der Waals surface area contributed by atoms with Crippen LogP contribution in [0.5, 0.6) is 0 Å². The monoisotopic (exact) mass is 405 g/mol. The van der Waals surface area contributed by atoms with Crippen molar-refractivity contribution in [3.8, 4) is 0 Å². The fourth-order valence-electron chi connectivity index (χ4n) is 1.12. The molecule has 0 fully saturated rings. The van der Waals surface area contributed by atoms with Crippen molar-refractivity contribution >= 4 is 5.78 Å². The van der Waals surface area contributed by atoms with Gasteiger partial charge in [0.25, 0.3) is 0 Å². The molecule has 1 aromatic rings. The maximum absolute atomic E-state index is 11.4. The van der Waals surface area contributed by atoms with Gasteiger partial charge in [0.2, 0.25) is 0 Å². The molecular weight excluding hydrogens is 391 g/mol. The van der Waals surface area contributed by atoms with Gasteiger partial charge in [-0.1, -0.05) is 44.2 Å². The van der Waals surface area contributed by atoms with Gasteiger partial charge in [-0.3, -0.25) is 4.79 Å². The Kier molecular flexibility index (Phi) is 6.86. The molecule has 0 saturated heterocycles. The van der Waals surface area contributed by atoms with Crippen molar-refractivity contribution in [1.82, 2.24) is 0 Å². The van der Waals surface area contributed by atoms with Crippen LogP contribution in [0.25, 0.3) is 0 Å². The summed E-state index contributed by atoms with van der Waals surface area (Å²) in [6.07, 6.45) is -0.971. The van der Waals surface area contributed by atoms with Crippen molar-refractivity contribution in [2.24, 2.45) is 5.92 Å². The summed E-state index contributed by atoms with van der Waals surface area (Å²) in [5, 5.41) is 9.61. The fraction of sp³-hybridized carbons (Fsp3) is 0.364. The van der Waals surface area contributed by atoms with Gasteiger partial charge in [-0.15, -0.1) is 0 Å². The van der Waals surface area contributed by atoms with Crippen LogP contribution in [0.3, 0.4) is 0 Å². The largest absolute Gasteiger partial charge is 0.381 e. The number of carbonyl (C=O) groups excluding carboxylic acids is 1. The standard InChI is InChI=1S/C11H14O2.Ac/c1-8(2)10(12)11(13)9-6-4-3-5-7-9;/h3-8,11,13H,1-2H3;. The van der Waals surface area contributed by atoms with Crippen LogP contribution in [0.1, 0.15) is 25.5 Å². The predicted octanol–water partition coefficient (Wildman–Crippen LogP) is 1.95. The van der Waals surface area contributed by atoms with Crippen molar-refractivity contribution in [3.63, 3.8) is 0 Å². The third kappa shape index (κ3) is 3.81. The van der Waals surface area contributed by atoms with Crippen molar-refractivity contribution in [1.29, 1.82) is 0 Å². The number of aliphatic hydroxyl groups is 1. The first-order valence-corrected chi connectivity index (χ1v) is 4.39. The third-order valence-electron chi connectivity index (χ3n) is 1.95. The summed E-state index contributed by atoms with van der Waals surface area (Å²) in [6.45, 7) is 3.57. The van der Waals surface area contributed by atoms with Gasteiger partial charge in [-0.05, 0) is 5.56 Å². The van der Waals surface area contributed by atoms with E-state index in [1.807, 2.05) is 18.2 Å². The molecule has 0 heterocycles. The molecular formula is C11H14AcO2. The summed E-state index contributed by atoms with van der Waals surface area (Å²) in [7, 11) is 0. The first kappa shape index (κ1) is 14.3. The van der Waals surface area contributed by atoms with Crippen molar-refractivity contribution in [2.45, 2.75) is 20.0 Å². The van der Waals surface area contributed by atoms with Crippen LogP contribution in [-0.4, -0.2) is 10.9 Å². The molecule has 0 amide bonds. The summed E-state index contributed by atoms with van der Waals surface area (Å²) in [5.41, 5.74) is 0.668. The number of ketones is 1. The molecule has 2 nitrogen and oxygen atoms in total. The minimum absolute atomic E-state index is 0. The van der Waals surface area contributed by atoms with Crippen LogP contribution in [0.15, 0.2) is 30.3 Å². The van der Waals surface area contributed by atoms with E-state index in [4.69, 9.17) is 0 Å². The molecule has 0 bridgehead atoms. The first-order valence-electron chi connectivity index (χ1n) is 4.39. The number of rotatable bonds is 3. The number of hydrogen-bond donors (Lipinski definition) is 1. The quantitative estimate of drug-likeness (QED) is 0.835. The van der Waals surface area contributed by atoms with E-state index in [9.17, 15) is 9.90 Å². The van der Waals surface area contributed by atoms with E-state index < -0.39 is 6.10 Å². The van der Waals surface area contributed by atoms with Gasteiger partial charge in [0.05, 0.1) is 0 Å². The van der Waals surface area contributed by atoms with Crippen LogP contribution >= 0.6 is 0 Å². The molecule has 1 radical (unpaired) electrons. The van der Waals surface area contributed by atoms with Gasteiger partial charge in [-0.25, -0.2) is 0 Å². The van der Waals surface area contributed by atoms with Crippen LogP contribution in [-0.2, 0) is 4.79 Å². The summed E-state index contributed by atoms with van der Waals surface area (Å²) in [6, 6.07) is 8.99. The zero-order valence-electron chi connectivity index (χ0n) is 8.47. The Bertz CT molecular complexity index is 283. The maximum atomic E-state index is 11.4.